The van der Waals surface area contributed by atoms with Crippen LogP contribution in [-0.4, -0.2) is 11.0 Å². The van der Waals surface area contributed by atoms with Gasteiger partial charge in [-0.05, 0) is 54.8 Å². The normalized spacial score (nSPS) is 11.1. The molecule has 140 valence electrons. The number of esters is 1. The molecule has 2 heterocycles. The van der Waals surface area contributed by atoms with Crippen molar-refractivity contribution in [3.8, 4) is 0 Å². The van der Waals surface area contributed by atoms with Crippen molar-refractivity contribution in [2.75, 3.05) is 0 Å². The Morgan fingerprint density at radius 2 is 1.75 bits per heavy atom. The van der Waals surface area contributed by atoms with E-state index in [9.17, 15) is 9.18 Å². The average molecular weight is 375 g/mol. The lowest BCUT2D eigenvalue weighted by atomic mass is 9.98. The Bertz CT molecular complexity index is 1190. The zero-order valence-corrected chi connectivity index (χ0v) is 15.8. The summed E-state index contributed by atoms with van der Waals surface area (Å²) >= 11 is 0. The van der Waals surface area contributed by atoms with E-state index in [2.05, 4.69) is 31.0 Å². The molecule has 0 atom stereocenters. The average Bonchev–Trinajstić information content (AvgIpc) is 2.72. The van der Waals surface area contributed by atoms with Gasteiger partial charge in [-0.25, -0.2) is 9.37 Å². The summed E-state index contributed by atoms with van der Waals surface area (Å²) in [6.07, 6.45) is 3.76. The van der Waals surface area contributed by atoms with Crippen LogP contribution in [0.5, 0.6) is 0 Å². The molecule has 4 nitrogen and oxygen atoms in total. The molecule has 4 aromatic rings. The third-order valence-corrected chi connectivity index (χ3v) is 5.10. The topological polar surface area (TPSA) is 43.1 Å². The second-order valence-electron chi connectivity index (χ2n) is 6.84. The summed E-state index contributed by atoms with van der Waals surface area (Å²) in [6.45, 7) is 4.28. The van der Waals surface area contributed by atoms with Gasteiger partial charge in [0.25, 0.3) is 6.73 Å². The fourth-order valence-corrected chi connectivity index (χ4v) is 3.49. The van der Waals surface area contributed by atoms with Gasteiger partial charge in [-0.1, -0.05) is 18.2 Å². The Morgan fingerprint density at radius 1 is 1.04 bits per heavy atom. The molecule has 0 bridgehead atoms. The van der Waals surface area contributed by atoms with E-state index in [4.69, 9.17) is 4.74 Å². The first kappa shape index (κ1) is 18.0. The lowest BCUT2D eigenvalue weighted by molar-refractivity contribution is -0.703. The minimum Gasteiger partial charge on any atom is -0.405 e. The Hall–Kier alpha value is -3.34. The molecule has 0 amide bonds. The number of benzene rings is 2. The minimum absolute atomic E-state index is 0.0888. The maximum absolute atomic E-state index is 13.0. The number of hydrogen-bond donors (Lipinski definition) is 0. The summed E-state index contributed by atoms with van der Waals surface area (Å²) in [7, 11) is 0. The molecule has 0 spiro atoms. The molecule has 0 saturated carbocycles. The second-order valence-corrected chi connectivity index (χ2v) is 6.84. The highest BCUT2D eigenvalue weighted by Crippen LogP contribution is 2.28. The van der Waals surface area contributed by atoms with Crippen molar-refractivity contribution in [2.45, 2.75) is 27.0 Å². The van der Waals surface area contributed by atoms with Gasteiger partial charge in [-0.15, -0.1) is 0 Å². The molecule has 5 heteroatoms. The quantitative estimate of drug-likeness (QED) is 0.305. The molecule has 0 unspecified atom stereocenters. The molecule has 0 fully saturated rings. The molecule has 0 aliphatic rings. The van der Waals surface area contributed by atoms with Gasteiger partial charge in [0, 0.05) is 17.6 Å². The summed E-state index contributed by atoms with van der Waals surface area (Å²) in [5.74, 6) is -0.689. The van der Waals surface area contributed by atoms with Gasteiger partial charge in [0.15, 0.2) is 6.20 Å². The summed E-state index contributed by atoms with van der Waals surface area (Å²) < 4.78 is 20.4. The number of aromatic nitrogens is 2. The third-order valence-electron chi connectivity index (χ3n) is 5.10. The fourth-order valence-electron chi connectivity index (χ4n) is 3.49. The molecular weight excluding hydrogens is 355 g/mol. The summed E-state index contributed by atoms with van der Waals surface area (Å²) in [5.41, 5.74) is 4.92. The van der Waals surface area contributed by atoms with E-state index in [1.54, 1.807) is 18.3 Å². The van der Waals surface area contributed by atoms with Crippen LogP contribution in [-0.2, 0) is 22.7 Å². The number of hydrogen-bond acceptors (Lipinski definition) is 3. The maximum atomic E-state index is 13.0. The molecule has 2 aromatic heterocycles. The first-order chi connectivity index (χ1) is 13.5. The Labute approximate surface area is 162 Å². The van der Waals surface area contributed by atoms with Crippen LogP contribution >= 0.6 is 0 Å². The third kappa shape index (κ3) is 3.31. The SMILES string of the molecule is Cc1c(C)c2ccc[n+](COC(=O)Cc3ccc(F)cc3)c2c2ncccc12. The number of ether oxygens (including phenoxy) is 1. The smallest absolute Gasteiger partial charge is 0.315 e. The van der Waals surface area contributed by atoms with E-state index in [1.165, 1.54) is 23.3 Å². The molecule has 2 aromatic carbocycles. The monoisotopic (exact) mass is 375 g/mol. The fraction of sp³-hybridized carbons (Fsp3) is 0.174. The molecule has 0 N–H and O–H groups in total. The van der Waals surface area contributed by atoms with Gasteiger partial charge >= 0.3 is 5.97 Å². The lowest BCUT2D eigenvalue weighted by Crippen LogP contribution is -2.37. The molecule has 28 heavy (non-hydrogen) atoms. The van der Waals surface area contributed by atoms with Crippen molar-refractivity contribution < 1.29 is 18.5 Å². The van der Waals surface area contributed by atoms with Crippen molar-refractivity contribution in [1.82, 2.24) is 4.98 Å². The number of nitrogens with zero attached hydrogens (tertiary/aromatic N) is 2. The number of carbonyl (C=O) groups is 1. The van der Waals surface area contributed by atoms with Crippen molar-refractivity contribution in [3.05, 3.63) is 83.4 Å². The molecular formula is C23H20FN2O2+. The highest BCUT2D eigenvalue weighted by atomic mass is 19.1. The van der Waals surface area contributed by atoms with E-state index in [1.807, 2.05) is 22.9 Å². The van der Waals surface area contributed by atoms with Gasteiger partial charge < -0.3 is 4.74 Å². The van der Waals surface area contributed by atoms with Crippen LogP contribution in [0.15, 0.2) is 60.9 Å². The van der Waals surface area contributed by atoms with Crippen molar-refractivity contribution in [1.29, 1.82) is 0 Å². The standard InChI is InChI=1S/C23H20FN2O2/c1-15-16(2)20-6-4-12-26(23(20)22-19(15)5-3-11-25-22)14-28-21(27)13-17-7-9-18(24)10-8-17/h3-12H,13-14H2,1-2H3/q+1. The van der Waals surface area contributed by atoms with Crippen LogP contribution in [0.3, 0.4) is 0 Å². The van der Waals surface area contributed by atoms with E-state index in [0.717, 1.165) is 21.8 Å². The highest BCUT2D eigenvalue weighted by molar-refractivity contribution is 6.04. The highest BCUT2D eigenvalue weighted by Gasteiger charge is 2.19. The van der Waals surface area contributed by atoms with Crippen LogP contribution in [0.2, 0.25) is 0 Å². The zero-order chi connectivity index (χ0) is 19.7. The van der Waals surface area contributed by atoms with Gasteiger partial charge in [-0.2, -0.15) is 4.57 Å². The second kappa shape index (κ2) is 7.35. The van der Waals surface area contributed by atoms with E-state index >= 15 is 0 Å². The Morgan fingerprint density at radius 3 is 2.54 bits per heavy atom. The van der Waals surface area contributed by atoms with Crippen molar-refractivity contribution in [3.63, 3.8) is 0 Å². The molecule has 0 saturated heterocycles. The number of carbonyl (C=O) groups excluding carboxylic acids is 1. The van der Waals surface area contributed by atoms with Gasteiger partial charge in [0.05, 0.1) is 11.8 Å². The number of aryl methyl sites for hydroxylation is 2. The van der Waals surface area contributed by atoms with Crippen molar-refractivity contribution >= 4 is 27.8 Å². The molecule has 4 rings (SSSR count). The number of halogens is 1. The Kier molecular flexibility index (Phi) is 4.74. The predicted molar refractivity (Wildman–Crippen MR) is 105 cm³/mol. The molecule has 0 aliphatic heterocycles. The van der Waals surface area contributed by atoms with E-state index in [0.29, 0.717) is 5.56 Å². The minimum atomic E-state index is -0.364. The zero-order valence-electron chi connectivity index (χ0n) is 15.8. The van der Waals surface area contributed by atoms with Crippen LogP contribution in [0.4, 0.5) is 4.39 Å². The maximum Gasteiger partial charge on any atom is 0.315 e. The molecule has 0 aliphatic carbocycles. The summed E-state index contributed by atoms with van der Waals surface area (Å²) in [5, 5.41) is 2.17. The number of rotatable bonds is 4. The van der Waals surface area contributed by atoms with Crippen LogP contribution < -0.4 is 4.57 Å². The Balaban J connectivity index is 1.66. The van der Waals surface area contributed by atoms with Crippen LogP contribution in [0.1, 0.15) is 16.7 Å². The first-order valence-corrected chi connectivity index (χ1v) is 9.10. The number of fused-ring (bicyclic) bond motifs is 3. The molecule has 0 radical (unpaired) electrons. The first-order valence-electron chi connectivity index (χ1n) is 9.10. The largest absolute Gasteiger partial charge is 0.405 e. The van der Waals surface area contributed by atoms with Crippen LogP contribution in [0.25, 0.3) is 21.8 Å². The number of pyridine rings is 2. The van der Waals surface area contributed by atoms with Gasteiger partial charge in [-0.3, -0.25) is 4.79 Å². The van der Waals surface area contributed by atoms with E-state index < -0.39 is 0 Å². The summed E-state index contributed by atoms with van der Waals surface area (Å²) in [6, 6.07) is 13.8. The van der Waals surface area contributed by atoms with Gasteiger partial charge in [0.2, 0.25) is 5.52 Å². The lowest BCUT2D eigenvalue weighted by Gasteiger charge is -2.10. The van der Waals surface area contributed by atoms with Crippen LogP contribution in [0, 0.1) is 19.7 Å². The summed E-state index contributed by atoms with van der Waals surface area (Å²) in [4.78, 5) is 16.8. The predicted octanol–water partition coefficient (Wildman–Crippen LogP) is 4.17. The van der Waals surface area contributed by atoms with E-state index in [-0.39, 0.29) is 24.9 Å². The van der Waals surface area contributed by atoms with Gasteiger partial charge in [0.1, 0.15) is 11.3 Å². The van der Waals surface area contributed by atoms with Crippen molar-refractivity contribution in [2.24, 2.45) is 0 Å².